The zero-order chi connectivity index (χ0) is 16.1. The molecule has 1 N–H and O–H groups in total. The molecule has 0 radical (unpaired) electrons. The van der Waals surface area contributed by atoms with Gasteiger partial charge in [0.2, 0.25) is 0 Å². The average molecular weight is 310 g/mol. The maximum atomic E-state index is 11.5. The average Bonchev–Trinajstić information content (AvgIpc) is 3.14. The fraction of sp³-hybridized carbons (Fsp3) is 0.450. The van der Waals surface area contributed by atoms with Crippen LogP contribution in [0.4, 0.5) is 0 Å². The van der Waals surface area contributed by atoms with E-state index in [0.29, 0.717) is 6.42 Å². The highest BCUT2D eigenvalue weighted by atomic mass is 16.3. The second-order valence-corrected chi connectivity index (χ2v) is 6.42. The van der Waals surface area contributed by atoms with Crippen LogP contribution >= 0.6 is 0 Å². The molecule has 122 valence electrons. The van der Waals surface area contributed by atoms with Gasteiger partial charge in [0, 0.05) is 12.7 Å². The maximum Gasteiger partial charge on any atom is 0.133 e. The number of likely N-dealkylation sites (tertiary alicyclic amines) is 1. The second kappa shape index (κ2) is 7.24. The lowest BCUT2D eigenvalue weighted by atomic mass is 9.86. The first-order chi connectivity index (χ1) is 11.2. The summed E-state index contributed by atoms with van der Waals surface area (Å²) >= 11 is 0. The van der Waals surface area contributed by atoms with Gasteiger partial charge in [0.15, 0.2) is 0 Å². The lowest BCUT2D eigenvalue weighted by molar-refractivity contribution is 0.0560. The van der Waals surface area contributed by atoms with Gasteiger partial charge in [-0.2, -0.15) is 0 Å². The van der Waals surface area contributed by atoms with E-state index < -0.39 is 5.60 Å². The standard InChI is InChI=1S/C20H26N2O/c1-2-17-8-10-18(11-9-17)20(23,19-7-3-4-13-21-19)12-16-22-14-5-6-15-22/h3-4,7-11,13,23H,2,5-6,12,14-16H2,1H3. The Balaban J connectivity index is 1.88. The van der Waals surface area contributed by atoms with Crippen LogP contribution < -0.4 is 0 Å². The zero-order valence-corrected chi connectivity index (χ0v) is 13.9. The van der Waals surface area contributed by atoms with E-state index in [1.165, 1.54) is 18.4 Å². The van der Waals surface area contributed by atoms with E-state index in [0.717, 1.165) is 37.3 Å². The van der Waals surface area contributed by atoms with Crippen LogP contribution in [0.15, 0.2) is 48.7 Å². The van der Waals surface area contributed by atoms with Crippen molar-refractivity contribution in [1.82, 2.24) is 9.88 Å². The second-order valence-electron chi connectivity index (χ2n) is 6.42. The lowest BCUT2D eigenvalue weighted by Gasteiger charge is -2.30. The molecular formula is C20H26N2O. The number of hydrogen-bond donors (Lipinski definition) is 1. The maximum absolute atomic E-state index is 11.5. The van der Waals surface area contributed by atoms with Gasteiger partial charge in [-0.1, -0.05) is 37.3 Å². The third-order valence-corrected chi connectivity index (χ3v) is 4.92. The Morgan fingerprint density at radius 1 is 1.09 bits per heavy atom. The Morgan fingerprint density at radius 2 is 1.83 bits per heavy atom. The van der Waals surface area contributed by atoms with Crippen LogP contribution in [0.2, 0.25) is 0 Å². The molecule has 0 amide bonds. The number of pyridine rings is 1. The van der Waals surface area contributed by atoms with Crippen molar-refractivity contribution in [3.8, 4) is 0 Å². The molecule has 1 aromatic heterocycles. The molecule has 1 aliphatic heterocycles. The van der Waals surface area contributed by atoms with Crippen molar-refractivity contribution in [1.29, 1.82) is 0 Å². The molecule has 0 aliphatic carbocycles. The summed E-state index contributed by atoms with van der Waals surface area (Å²) in [5, 5.41) is 11.5. The van der Waals surface area contributed by atoms with E-state index in [9.17, 15) is 5.11 Å². The van der Waals surface area contributed by atoms with Crippen LogP contribution in [0, 0.1) is 0 Å². The van der Waals surface area contributed by atoms with E-state index in [1.807, 2.05) is 18.2 Å². The monoisotopic (exact) mass is 310 g/mol. The highest BCUT2D eigenvalue weighted by molar-refractivity contribution is 5.34. The van der Waals surface area contributed by atoms with Crippen LogP contribution in [0.25, 0.3) is 0 Å². The molecule has 1 aromatic carbocycles. The van der Waals surface area contributed by atoms with E-state index in [2.05, 4.69) is 41.1 Å². The van der Waals surface area contributed by atoms with Crippen molar-refractivity contribution in [3.05, 3.63) is 65.5 Å². The molecule has 3 rings (SSSR count). The van der Waals surface area contributed by atoms with Crippen LogP contribution in [0.5, 0.6) is 0 Å². The molecule has 1 aliphatic rings. The Morgan fingerprint density at radius 3 is 2.43 bits per heavy atom. The molecule has 1 atom stereocenters. The molecule has 1 fully saturated rings. The molecule has 0 bridgehead atoms. The predicted octanol–water partition coefficient (Wildman–Crippen LogP) is 3.37. The number of aromatic nitrogens is 1. The van der Waals surface area contributed by atoms with E-state index in [-0.39, 0.29) is 0 Å². The predicted molar refractivity (Wildman–Crippen MR) is 93.3 cm³/mol. The Kier molecular flexibility index (Phi) is 5.09. The molecular weight excluding hydrogens is 284 g/mol. The summed E-state index contributed by atoms with van der Waals surface area (Å²) < 4.78 is 0. The molecule has 2 aromatic rings. The van der Waals surface area contributed by atoms with Gasteiger partial charge in [-0.3, -0.25) is 4.98 Å². The van der Waals surface area contributed by atoms with Crippen LogP contribution in [-0.2, 0) is 12.0 Å². The SMILES string of the molecule is CCc1ccc(C(O)(CCN2CCCC2)c2ccccn2)cc1. The molecule has 1 saturated heterocycles. The number of aliphatic hydroxyl groups is 1. The summed E-state index contributed by atoms with van der Waals surface area (Å²) in [6.07, 6.45) is 5.99. The zero-order valence-electron chi connectivity index (χ0n) is 13.9. The van der Waals surface area contributed by atoms with Crippen molar-refractivity contribution >= 4 is 0 Å². The van der Waals surface area contributed by atoms with E-state index >= 15 is 0 Å². The van der Waals surface area contributed by atoms with Crippen LogP contribution in [-0.4, -0.2) is 34.6 Å². The van der Waals surface area contributed by atoms with Gasteiger partial charge in [-0.15, -0.1) is 0 Å². The van der Waals surface area contributed by atoms with E-state index in [4.69, 9.17) is 0 Å². The highest BCUT2D eigenvalue weighted by Crippen LogP contribution is 2.32. The van der Waals surface area contributed by atoms with Gasteiger partial charge >= 0.3 is 0 Å². The number of benzene rings is 1. The number of aryl methyl sites for hydroxylation is 1. The lowest BCUT2D eigenvalue weighted by Crippen LogP contribution is -2.34. The Hall–Kier alpha value is -1.71. The molecule has 0 spiro atoms. The van der Waals surface area contributed by atoms with Gasteiger partial charge in [0.05, 0.1) is 5.69 Å². The first-order valence-electron chi connectivity index (χ1n) is 8.68. The minimum Gasteiger partial charge on any atom is -0.379 e. The highest BCUT2D eigenvalue weighted by Gasteiger charge is 2.33. The van der Waals surface area contributed by atoms with Gasteiger partial charge in [0.1, 0.15) is 5.60 Å². The fourth-order valence-corrected chi connectivity index (χ4v) is 3.37. The molecule has 3 nitrogen and oxygen atoms in total. The van der Waals surface area contributed by atoms with Crippen LogP contribution in [0.1, 0.15) is 43.0 Å². The first-order valence-corrected chi connectivity index (χ1v) is 8.68. The first kappa shape index (κ1) is 16.2. The topological polar surface area (TPSA) is 36.4 Å². The molecule has 3 heteroatoms. The van der Waals surface area contributed by atoms with Crippen molar-refractivity contribution < 1.29 is 5.11 Å². The molecule has 2 heterocycles. The minimum atomic E-state index is -1.02. The summed E-state index contributed by atoms with van der Waals surface area (Å²) in [5.41, 5.74) is 1.95. The third kappa shape index (κ3) is 3.62. The summed E-state index contributed by atoms with van der Waals surface area (Å²) in [6, 6.07) is 14.1. The summed E-state index contributed by atoms with van der Waals surface area (Å²) in [5.74, 6) is 0. The van der Waals surface area contributed by atoms with Crippen LogP contribution in [0.3, 0.4) is 0 Å². The minimum absolute atomic E-state index is 0.676. The van der Waals surface area contributed by atoms with Gasteiger partial charge in [-0.25, -0.2) is 0 Å². The molecule has 1 unspecified atom stereocenters. The number of nitrogens with zero attached hydrogens (tertiary/aromatic N) is 2. The summed E-state index contributed by atoms with van der Waals surface area (Å²) in [6.45, 7) is 5.34. The van der Waals surface area contributed by atoms with Gasteiger partial charge < -0.3 is 10.0 Å². The quantitative estimate of drug-likeness (QED) is 0.889. The van der Waals surface area contributed by atoms with Crippen molar-refractivity contribution in [2.45, 2.75) is 38.2 Å². The van der Waals surface area contributed by atoms with Crippen molar-refractivity contribution in [2.24, 2.45) is 0 Å². The fourth-order valence-electron chi connectivity index (χ4n) is 3.37. The molecule has 23 heavy (non-hydrogen) atoms. The van der Waals surface area contributed by atoms with E-state index in [1.54, 1.807) is 6.20 Å². The number of rotatable bonds is 6. The Labute approximate surface area is 139 Å². The summed E-state index contributed by atoms with van der Waals surface area (Å²) in [4.78, 5) is 6.89. The third-order valence-electron chi connectivity index (χ3n) is 4.92. The van der Waals surface area contributed by atoms with Crippen molar-refractivity contribution in [2.75, 3.05) is 19.6 Å². The number of hydrogen-bond acceptors (Lipinski definition) is 3. The largest absolute Gasteiger partial charge is 0.379 e. The summed E-state index contributed by atoms with van der Waals surface area (Å²) in [7, 11) is 0. The van der Waals surface area contributed by atoms with Gasteiger partial charge in [-0.05, 0) is 62.0 Å². The molecule has 0 saturated carbocycles. The van der Waals surface area contributed by atoms with Gasteiger partial charge in [0.25, 0.3) is 0 Å². The Bertz CT molecular complexity index is 605. The smallest absolute Gasteiger partial charge is 0.133 e. The van der Waals surface area contributed by atoms with Crippen molar-refractivity contribution in [3.63, 3.8) is 0 Å². The normalized spacial score (nSPS) is 18.0.